The van der Waals surface area contributed by atoms with Crippen LogP contribution in [0.15, 0.2) is 16.3 Å². The molecular formula is C12H17NO2S2. The Labute approximate surface area is 111 Å². The zero-order chi connectivity index (χ0) is 12.3. The van der Waals surface area contributed by atoms with E-state index >= 15 is 0 Å². The highest BCUT2D eigenvalue weighted by atomic mass is 32.1. The first-order valence-corrected chi connectivity index (χ1v) is 7.09. The largest absolute Gasteiger partial charge is 0.384 e. The van der Waals surface area contributed by atoms with E-state index in [0.29, 0.717) is 5.92 Å². The van der Waals surface area contributed by atoms with E-state index in [9.17, 15) is 4.79 Å². The fourth-order valence-corrected chi connectivity index (χ4v) is 3.25. The maximum atomic E-state index is 12.1. The van der Waals surface area contributed by atoms with Gasteiger partial charge in [0.25, 0.3) is 5.91 Å². The third kappa shape index (κ3) is 3.24. The number of methoxy groups -OCH3 is 1. The number of carbonyl (C=O) groups is 1. The number of thiophene rings is 1. The first-order valence-electron chi connectivity index (χ1n) is 5.76. The predicted octanol–water partition coefficient (Wildman–Crippen LogP) is 2.54. The lowest BCUT2D eigenvalue weighted by Crippen LogP contribution is -2.39. The molecular weight excluding hydrogens is 254 g/mol. The highest BCUT2D eigenvalue weighted by Crippen LogP contribution is 2.23. The second kappa shape index (κ2) is 5.89. The van der Waals surface area contributed by atoms with Crippen LogP contribution in [0, 0.1) is 5.92 Å². The van der Waals surface area contributed by atoms with Crippen LogP contribution in [0.5, 0.6) is 0 Å². The normalized spacial score (nSPS) is 17.4. The van der Waals surface area contributed by atoms with Crippen LogP contribution in [-0.2, 0) is 4.74 Å². The average molecular weight is 271 g/mol. The van der Waals surface area contributed by atoms with Crippen LogP contribution in [0.1, 0.15) is 22.5 Å². The molecule has 5 heteroatoms. The zero-order valence-corrected chi connectivity index (χ0v) is 11.6. The molecule has 1 aromatic rings. The van der Waals surface area contributed by atoms with Crippen LogP contribution in [0.2, 0.25) is 0 Å². The average Bonchev–Trinajstić information content (AvgIpc) is 2.76. The van der Waals surface area contributed by atoms with Gasteiger partial charge in [0.05, 0.1) is 4.88 Å². The summed E-state index contributed by atoms with van der Waals surface area (Å²) in [5.74, 6) is 0.749. The van der Waals surface area contributed by atoms with Crippen LogP contribution in [0.4, 0.5) is 0 Å². The molecule has 2 heterocycles. The Kier molecular flexibility index (Phi) is 4.48. The second-order valence-electron chi connectivity index (χ2n) is 4.36. The number of nitrogens with zero attached hydrogens (tertiary/aromatic N) is 1. The first kappa shape index (κ1) is 12.9. The summed E-state index contributed by atoms with van der Waals surface area (Å²) in [5, 5.41) is 1.90. The van der Waals surface area contributed by atoms with Crippen LogP contribution in [-0.4, -0.2) is 37.6 Å². The predicted molar refractivity (Wildman–Crippen MR) is 72.1 cm³/mol. The lowest BCUT2D eigenvalue weighted by atomic mass is 9.98. The molecule has 1 aromatic heterocycles. The number of amides is 1. The number of likely N-dealkylation sites (tertiary alicyclic amines) is 1. The summed E-state index contributed by atoms with van der Waals surface area (Å²) >= 11 is 5.70. The molecule has 2 rings (SSSR count). The Hall–Kier alpha value is -0.520. The van der Waals surface area contributed by atoms with Crippen molar-refractivity contribution in [2.75, 3.05) is 26.8 Å². The van der Waals surface area contributed by atoms with Gasteiger partial charge < -0.3 is 9.64 Å². The van der Waals surface area contributed by atoms with E-state index in [1.165, 1.54) is 11.3 Å². The highest BCUT2D eigenvalue weighted by molar-refractivity contribution is 7.80. The number of ether oxygens (including phenoxy) is 1. The summed E-state index contributed by atoms with van der Waals surface area (Å²) in [6, 6.07) is 1.84. The van der Waals surface area contributed by atoms with Gasteiger partial charge in [-0.1, -0.05) is 0 Å². The second-order valence-corrected chi connectivity index (χ2v) is 5.79. The molecule has 1 saturated heterocycles. The molecule has 0 aliphatic carbocycles. The molecule has 1 aliphatic heterocycles. The summed E-state index contributed by atoms with van der Waals surface area (Å²) in [6.45, 7) is 2.49. The van der Waals surface area contributed by atoms with E-state index in [1.54, 1.807) is 7.11 Å². The molecule has 0 atom stereocenters. The van der Waals surface area contributed by atoms with Gasteiger partial charge in [0.1, 0.15) is 0 Å². The van der Waals surface area contributed by atoms with Crippen LogP contribution < -0.4 is 0 Å². The van der Waals surface area contributed by atoms with Crippen LogP contribution in [0.25, 0.3) is 0 Å². The number of rotatable bonds is 3. The van der Waals surface area contributed by atoms with Gasteiger partial charge in [0.2, 0.25) is 0 Å². The van der Waals surface area contributed by atoms with E-state index in [4.69, 9.17) is 4.74 Å². The molecule has 1 amide bonds. The number of hydrogen-bond acceptors (Lipinski definition) is 4. The number of carbonyl (C=O) groups excluding carboxylic acids is 1. The molecule has 94 valence electrons. The molecule has 0 N–H and O–H groups in total. The minimum Gasteiger partial charge on any atom is -0.384 e. The minimum absolute atomic E-state index is 0.145. The van der Waals surface area contributed by atoms with Crippen molar-refractivity contribution in [1.29, 1.82) is 0 Å². The van der Waals surface area contributed by atoms with E-state index in [1.807, 2.05) is 16.3 Å². The van der Waals surface area contributed by atoms with Crippen molar-refractivity contribution in [2.24, 2.45) is 5.92 Å². The molecule has 1 fully saturated rings. The molecule has 0 bridgehead atoms. The van der Waals surface area contributed by atoms with Crippen molar-refractivity contribution in [3.8, 4) is 0 Å². The number of thiol groups is 1. The fourth-order valence-electron chi connectivity index (χ4n) is 2.13. The van der Waals surface area contributed by atoms with E-state index in [2.05, 4.69) is 12.6 Å². The molecule has 0 saturated carbocycles. The number of hydrogen-bond donors (Lipinski definition) is 1. The molecule has 17 heavy (non-hydrogen) atoms. The molecule has 1 aliphatic rings. The summed E-state index contributed by atoms with van der Waals surface area (Å²) in [6.07, 6.45) is 2.08. The van der Waals surface area contributed by atoms with Gasteiger partial charge in [0.15, 0.2) is 0 Å². The molecule has 0 spiro atoms. The van der Waals surface area contributed by atoms with Crippen molar-refractivity contribution in [3.63, 3.8) is 0 Å². The Morgan fingerprint density at radius 2 is 2.29 bits per heavy atom. The third-order valence-electron chi connectivity index (χ3n) is 3.10. The third-order valence-corrected chi connectivity index (χ3v) is 4.45. The maximum absolute atomic E-state index is 12.1. The van der Waals surface area contributed by atoms with E-state index in [-0.39, 0.29) is 5.91 Å². The quantitative estimate of drug-likeness (QED) is 0.856. The van der Waals surface area contributed by atoms with Crippen molar-refractivity contribution >= 4 is 29.9 Å². The monoisotopic (exact) mass is 271 g/mol. The van der Waals surface area contributed by atoms with Gasteiger partial charge in [-0.05, 0) is 24.8 Å². The lowest BCUT2D eigenvalue weighted by Gasteiger charge is -2.31. The smallest absolute Gasteiger partial charge is 0.263 e. The number of piperidine rings is 1. The van der Waals surface area contributed by atoms with Gasteiger partial charge in [-0.3, -0.25) is 4.79 Å². The van der Waals surface area contributed by atoms with Crippen molar-refractivity contribution in [2.45, 2.75) is 17.7 Å². The van der Waals surface area contributed by atoms with Crippen LogP contribution >= 0.6 is 24.0 Å². The lowest BCUT2D eigenvalue weighted by molar-refractivity contribution is 0.0618. The molecule has 0 radical (unpaired) electrons. The Balaban J connectivity index is 1.90. The van der Waals surface area contributed by atoms with Gasteiger partial charge in [-0.15, -0.1) is 24.0 Å². The van der Waals surface area contributed by atoms with Gasteiger partial charge >= 0.3 is 0 Å². The topological polar surface area (TPSA) is 29.5 Å². The van der Waals surface area contributed by atoms with Gasteiger partial charge in [-0.2, -0.15) is 0 Å². The van der Waals surface area contributed by atoms with E-state index < -0.39 is 0 Å². The fraction of sp³-hybridized carbons (Fsp3) is 0.583. The molecule has 0 aromatic carbocycles. The standard InChI is InChI=1S/C12H17NO2S2/c1-15-7-9-2-4-13(5-3-9)12(14)11-6-10(16)8-17-11/h6,8-9,16H,2-5,7H2,1H3. The summed E-state index contributed by atoms with van der Waals surface area (Å²) in [4.78, 5) is 15.7. The van der Waals surface area contributed by atoms with Crippen molar-refractivity contribution in [1.82, 2.24) is 4.90 Å². The zero-order valence-electron chi connectivity index (χ0n) is 9.89. The molecule has 0 unspecified atom stereocenters. The Bertz CT molecular complexity index is 384. The SMILES string of the molecule is COCC1CCN(C(=O)c2cc(S)cs2)CC1. The minimum atomic E-state index is 0.145. The summed E-state index contributed by atoms with van der Waals surface area (Å²) < 4.78 is 5.15. The van der Waals surface area contributed by atoms with Gasteiger partial charge in [-0.25, -0.2) is 0 Å². The van der Waals surface area contributed by atoms with E-state index in [0.717, 1.165) is 42.3 Å². The maximum Gasteiger partial charge on any atom is 0.263 e. The van der Waals surface area contributed by atoms with Gasteiger partial charge in [0, 0.05) is 37.1 Å². The van der Waals surface area contributed by atoms with Crippen molar-refractivity contribution in [3.05, 3.63) is 16.3 Å². The Morgan fingerprint density at radius 1 is 1.59 bits per heavy atom. The summed E-state index contributed by atoms with van der Waals surface area (Å²) in [5.41, 5.74) is 0. The highest BCUT2D eigenvalue weighted by Gasteiger charge is 2.24. The Morgan fingerprint density at radius 3 is 2.82 bits per heavy atom. The molecule has 3 nitrogen and oxygen atoms in total. The summed E-state index contributed by atoms with van der Waals surface area (Å²) in [7, 11) is 1.73. The first-order chi connectivity index (χ1) is 8.20. The van der Waals surface area contributed by atoms with Crippen molar-refractivity contribution < 1.29 is 9.53 Å². The van der Waals surface area contributed by atoms with Crippen LogP contribution in [0.3, 0.4) is 0 Å².